The second-order valence-electron chi connectivity index (χ2n) is 9.95. The first-order chi connectivity index (χ1) is 12.1. The third-order valence-electron chi connectivity index (χ3n) is 4.41. The highest BCUT2D eigenvalue weighted by Crippen LogP contribution is 2.32. The smallest absolute Gasteiger partial charge is 0.422 e. The molecule has 0 aromatic heterocycles. The van der Waals surface area contributed by atoms with E-state index in [2.05, 4.69) is 31.6 Å². The average Bonchev–Trinajstić information content (AvgIpc) is 2.48. The van der Waals surface area contributed by atoms with Gasteiger partial charge in [0.2, 0.25) is 0 Å². The summed E-state index contributed by atoms with van der Waals surface area (Å²) in [7, 11) is -0.817. The van der Waals surface area contributed by atoms with E-state index in [1.807, 2.05) is 13.8 Å². The van der Waals surface area contributed by atoms with Gasteiger partial charge in [0.1, 0.15) is 5.60 Å². The van der Waals surface area contributed by atoms with Gasteiger partial charge < -0.3 is 19.2 Å². The third-order valence-corrected chi connectivity index (χ3v) is 6.17. The quantitative estimate of drug-likeness (QED) is 0.482. The lowest BCUT2D eigenvalue weighted by atomic mass is 9.80. The van der Waals surface area contributed by atoms with Crippen molar-refractivity contribution in [1.82, 2.24) is 15.8 Å². The second-order valence-corrected chi connectivity index (χ2v) is 12.7. The molecule has 0 aromatic carbocycles. The Morgan fingerprint density at radius 1 is 1.11 bits per heavy atom. The van der Waals surface area contributed by atoms with Gasteiger partial charge in [0.25, 0.3) is 0 Å². The molecule has 0 bridgehead atoms. The number of piperidine rings is 1. The zero-order valence-corrected chi connectivity index (χ0v) is 19.4. The van der Waals surface area contributed by atoms with Gasteiger partial charge in [-0.3, -0.25) is 5.43 Å². The number of nitrogens with one attached hydrogen (secondary N) is 2. The lowest BCUT2D eigenvalue weighted by Crippen LogP contribution is -2.61. The molecule has 1 aliphatic heterocycles. The van der Waals surface area contributed by atoms with Crippen molar-refractivity contribution in [2.45, 2.75) is 84.1 Å². The maximum atomic E-state index is 12.0. The fraction of sp³-hybridized carbons (Fsp3) is 0.889. The Kier molecular flexibility index (Phi) is 7.72. The van der Waals surface area contributed by atoms with E-state index in [0.29, 0.717) is 19.5 Å². The van der Waals surface area contributed by atoms with E-state index in [1.54, 1.807) is 20.8 Å². The summed E-state index contributed by atoms with van der Waals surface area (Å²) in [6.07, 6.45) is -0.900. The van der Waals surface area contributed by atoms with Crippen molar-refractivity contribution in [3.8, 4) is 0 Å². The highest BCUT2D eigenvalue weighted by Gasteiger charge is 2.42. The van der Waals surface area contributed by atoms with Crippen LogP contribution in [-0.4, -0.2) is 62.3 Å². The molecule has 3 N–H and O–H groups in total. The summed E-state index contributed by atoms with van der Waals surface area (Å²) < 4.78 is 11.6. The highest BCUT2D eigenvalue weighted by molar-refractivity contribution is 6.31. The van der Waals surface area contributed by atoms with Crippen LogP contribution in [0.5, 0.6) is 0 Å². The van der Waals surface area contributed by atoms with E-state index in [9.17, 15) is 14.7 Å². The average molecular weight is 404 g/mol. The molecular weight excluding hydrogens is 366 g/mol. The van der Waals surface area contributed by atoms with Gasteiger partial charge in [0, 0.05) is 25.0 Å². The summed E-state index contributed by atoms with van der Waals surface area (Å²) in [6, 6.07) is -0.114. The Balaban J connectivity index is 2.83. The van der Waals surface area contributed by atoms with E-state index in [0.717, 1.165) is 0 Å². The molecule has 8 nitrogen and oxygen atoms in total. The van der Waals surface area contributed by atoms with Crippen molar-refractivity contribution in [3.05, 3.63) is 0 Å². The minimum Gasteiger partial charge on any atom is -0.465 e. The van der Waals surface area contributed by atoms with Crippen molar-refractivity contribution in [2.75, 3.05) is 13.1 Å². The number of hydrogen-bond donors (Lipinski definition) is 3. The molecule has 0 aromatic rings. The Morgan fingerprint density at radius 3 is 2.19 bits per heavy atom. The fourth-order valence-electron chi connectivity index (χ4n) is 2.97. The third kappa shape index (κ3) is 8.48. The number of nitrogens with zero attached hydrogens (tertiary/aromatic N) is 1. The molecule has 2 atom stereocenters. The summed E-state index contributed by atoms with van der Waals surface area (Å²) in [5.74, 6) is -0.105. The Hall–Kier alpha value is -1.32. The van der Waals surface area contributed by atoms with Crippen LogP contribution in [0, 0.1) is 5.92 Å². The van der Waals surface area contributed by atoms with Crippen LogP contribution in [0.3, 0.4) is 0 Å². The Morgan fingerprint density at radius 2 is 1.70 bits per heavy atom. The molecule has 1 heterocycles. The number of carboxylic acid groups (broad SMARTS) is 1. The molecule has 0 radical (unpaired) electrons. The van der Waals surface area contributed by atoms with Gasteiger partial charge in [0.15, 0.2) is 9.76 Å². The largest absolute Gasteiger partial charge is 0.465 e. The van der Waals surface area contributed by atoms with E-state index in [4.69, 9.17) is 9.16 Å². The van der Waals surface area contributed by atoms with Crippen LogP contribution in [0.1, 0.15) is 61.8 Å². The van der Waals surface area contributed by atoms with E-state index < -0.39 is 33.2 Å². The van der Waals surface area contributed by atoms with Gasteiger partial charge >= 0.3 is 12.2 Å². The zero-order valence-electron chi connectivity index (χ0n) is 18.0. The van der Waals surface area contributed by atoms with Crippen LogP contribution >= 0.6 is 0 Å². The van der Waals surface area contributed by atoms with Gasteiger partial charge in [-0.25, -0.2) is 15.0 Å². The van der Waals surface area contributed by atoms with Crippen molar-refractivity contribution >= 4 is 21.9 Å². The molecule has 0 saturated carbocycles. The number of hydrogen-bond acceptors (Lipinski definition) is 5. The van der Waals surface area contributed by atoms with Gasteiger partial charge in [-0.1, -0.05) is 20.8 Å². The summed E-state index contributed by atoms with van der Waals surface area (Å²) in [4.78, 5) is 24.8. The number of ether oxygens (including phenoxy) is 1. The molecule has 1 aliphatic rings. The molecule has 1 fully saturated rings. The lowest BCUT2D eigenvalue weighted by Gasteiger charge is -2.46. The first-order valence-corrected chi connectivity index (χ1v) is 10.8. The number of carbonyl (C=O) groups is 2. The van der Waals surface area contributed by atoms with Crippen LogP contribution in [-0.2, 0) is 9.16 Å². The summed E-state index contributed by atoms with van der Waals surface area (Å²) in [6.45, 7) is 16.6. The van der Waals surface area contributed by atoms with Gasteiger partial charge in [-0.15, -0.1) is 0 Å². The van der Waals surface area contributed by atoms with Crippen LogP contribution in [0.2, 0.25) is 5.04 Å². The minimum absolute atomic E-state index is 0.105. The van der Waals surface area contributed by atoms with E-state index in [1.165, 1.54) is 4.90 Å². The molecule has 0 spiro atoms. The van der Waals surface area contributed by atoms with E-state index >= 15 is 0 Å². The minimum atomic E-state index is -0.928. The molecule has 2 unspecified atom stereocenters. The van der Waals surface area contributed by atoms with Gasteiger partial charge in [-0.2, -0.15) is 0 Å². The van der Waals surface area contributed by atoms with Crippen molar-refractivity contribution < 1.29 is 23.9 Å². The summed E-state index contributed by atoms with van der Waals surface area (Å²) in [5.41, 5.74) is 4.56. The molecule has 1 saturated heterocycles. The second kappa shape index (κ2) is 8.79. The van der Waals surface area contributed by atoms with Crippen LogP contribution in [0.4, 0.5) is 9.59 Å². The topological polar surface area (TPSA) is 100 Å². The molecular formula is C18H37N3O5Si. The van der Waals surface area contributed by atoms with Crippen LogP contribution in [0.25, 0.3) is 0 Å². The molecule has 0 aliphatic carbocycles. The van der Waals surface area contributed by atoms with Crippen LogP contribution in [0.15, 0.2) is 0 Å². The molecule has 158 valence electrons. The normalized spacial score (nSPS) is 22.1. The summed E-state index contributed by atoms with van der Waals surface area (Å²) in [5, 5.41) is 9.53. The van der Waals surface area contributed by atoms with Crippen molar-refractivity contribution in [1.29, 1.82) is 0 Å². The SMILES string of the molecule is CC(C)(C)OC(=O)NNC1CCN(C(=O)O)CC1C(C)(C)O[SiH2]C(C)(C)C. The zero-order chi connectivity index (χ0) is 21.0. The van der Waals surface area contributed by atoms with E-state index in [-0.39, 0.29) is 17.0 Å². The molecule has 9 heteroatoms. The van der Waals surface area contributed by atoms with Crippen molar-refractivity contribution in [3.63, 3.8) is 0 Å². The molecule has 1 rings (SSSR count). The maximum Gasteiger partial charge on any atom is 0.422 e. The first-order valence-electron chi connectivity index (χ1n) is 9.47. The Labute approximate surface area is 165 Å². The maximum absolute atomic E-state index is 12.0. The number of rotatable bonds is 5. The van der Waals surface area contributed by atoms with Crippen LogP contribution < -0.4 is 10.9 Å². The first kappa shape index (κ1) is 23.7. The van der Waals surface area contributed by atoms with Gasteiger partial charge in [-0.05, 0) is 46.1 Å². The van der Waals surface area contributed by atoms with Crippen molar-refractivity contribution in [2.24, 2.45) is 5.92 Å². The number of carbonyl (C=O) groups excluding carboxylic acids is 1. The van der Waals surface area contributed by atoms with Gasteiger partial charge in [0.05, 0.1) is 5.60 Å². The summed E-state index contributed by atoms with van der Waals surface area (Å²) >= 11 is 0. The predicted octanol–water partition coefficient (Wildman–Crippen LogP) is 2.48. The number of hydrazine groups is 1. The number of amides is 2. The monoisotopic (exact) mass is 403 g/mol. The Bertz CT molecular complexity index is 528. The molecule has 27 heavy (non-hydrogen) atoms. The lowest BCUT2D eigenvalue weighted by molar-refractivity contribution is -0.0175. The highest BCUT2D eigenvalue weighted by atomic mass is 28.2. The predicted molar refractivity (Wildman–Crippen MR) is 107 cm³/mol. The number of likely N-dealkylation sites (tertiary alicyclic amines) is 1. The fourth-order valence-corrected chi connectivity index (χ4v) is 3.99. The standard InChI is InChI=1S/C18H37N3O5Si/c1-16(2,3)25-14(22)20-19-13-9-10-21(15(23)24)11-12(13)18(7,8)26-27-17(4,5)6/h12-13,19H,9-11,27H2,1-8H3,(H,20,22)(H,23,24). The molecule has 2 amide bonds.